The van der Waals surface area contributed by atoms with Crippen LogP contribution in [0.5, 0.6) is 0 Å². The lowest BCUT2D eigenvalue weighted by molar-refractivity contribution is -0.387. The molecule has 0 aromatic heterocycles. The van der Waals surface area contributed by atoms with E-state index in [1.807, 2.05) is 0 Å². The number of nitrogens with two attached hydrogens (primary N) is 1. The van der Waals surface area contributed by atoms with Crippen molar-refractivity contribution in [3.8, 4) is 0 Å². The summed E-state index contributed by atoms with van der Waals surface area (Å²) in [6, 6.07) is 1.98. The lowest BCUT2D eigenvalue weighted by atomic mass is 10.2. The van der Waals surface area contributed by atoms with Crippen LogP contribution >= 0.6 is 0 Å². The van der Waals surface area contributed by atoms with Crippen molar-refractivity contribution >= 4 is 5.69 Å². The Balaban J connectivity index is 3.31. The smallest absolute Gasteiger partial charge is 0.307 e. The molecule has 0 heterocycles. The van der Waals surface area contributed by atoms with E-state index in [0.717, 1.165) is 12.1 Å². The van der Waals surface area contributed by atoms with Gasteiger partial charge in [0.05, 0.1) is 4.92 Å². The SMILES string of the molecule is NCc1ccc([N+](=O)[O-])c(F)c1F. The Labute approximate surface area is 72.1 Å². The first-order valence-corrected chi connectivity index (χ1v) is 3.39. The average Bonchev–Trinajstić information content (AvgIpc) is 2.09. The summed E-state index contributed by atoms with van der Waals surface area (Å²) in [5.41, 5.74) is 4.11. The van der Waals surface area contributed by atoms with E-state index < -0.39 is 22.2 Å². The van der Waals surface area contributed by atoms with E-state index in [1.54, 1.807) is 0 Å². The number of hydrogen-bond acceptors (Lipinski definition) is 3. The molecule has 6 heteroatoms. The minimum Gasteiger partial charge on any atom is -0.326 e. The van der Waals surface area contributed by atoms with Gasteiger partial charge in [0.1, 0.15) is 0 Å². The second-order valence-corrected chi connectivity index (χ2v) is 2.33. The predicted molar refractivity (Wildman–Crippen MR) is 40.9 cm³/mol. The van der Waals surface area contributed by atoms with Crippen molar-refractivity contribution in [2.24, 2.45) is 5.73 Å². The summed E-state index contributed by atoms with van der Waals surface area (Å²) >= 11 is 0. The number of nitrogens with zero attached hydrogens (tertiary/aromatic N) is 1. The molecule has 0 spiro atoms. The fraction of sp³-hybridized carbons (Fsp3) is 0.143. The maximum atomic E-state index is 12.9. The highest BCUT2D eigenvalue weighted by Gasteiger charge is 2.20. The van der Waals surface area contributed by atoms with Crippen molar-refractivity contribution in [2.75, 3.05) is 0 Å². The highest BCUT2D eigenvalue weighted by Crippen LogP contribution is 2.21. The van der Waals surface area contributed by atoms with Gasteiger partial charge in [-0.15, -0.1) is 0 Å². The number of nitro groups is 1. The number of nitro benzene ring substituents is 1. The van der Waals surface area contributed by atoms with Gasteiger partial charge < -0.3 is 5.73 Å². The van der Waals surface area contributed by atoms with E-state index in [0.29, 0.717) is 0 Å². The Kier molecular flexibility index (Phi) is 2.52. The van der Waals surface area contributed by atoms with Gasteiger partial charge in [-0.05, 0) is 6.07 Å². The van der Waals surface area contributed by atoms with Crippen LogP contribution in [0.4, 0.5) is 14.5 Å². The van der Waals surface area contributed by atoms with Crippen molar-refractivity contribution in [1.82, 2.24) is 0 Å². The quantitative estimate of drug-likeness (QED) is 0.562. The fourth-order valence-corrected chi connectivity index (χ4v) is 0.878. The lowest BCUT2D eigenvalue weighted by Crippen LogP contribution is -2.04. The van der Waals surface area contributed by atoms with Crippen LogP contribution in [0.2, 0.25) is 0 Å². The summed E-state index contributed by atoms with van der Waals surface area (Å²) in [6.45, 7) is -0.194. The van der Waals surface area contributed by atoms with Gasteiger partial charge in [0, 0.05) is 18.2 Å². The molecule has 0 saturated heterocycles. The second kappa shape index (κ2) is 3.44. The van der Waals surface area contributed by atoms with E-state index in [-0.39, 0.29) is 12.1 Å². The van der Waals surface area contributed by atoms with Crippen molar-refractivity contribution in [2.45, 2.75) is 6.54 Å². The van der Waals surface area contributed by atoms with E-state index in [2.05, 4.69) is 0 Å². The molecule has 1 aromatic carbocycles. The van der Waals surface area contributed by atoms with Crippen molar-refractivity contribution in [1.29, 1.82) is 0 Å². The largest absolute Gasteiger partial charge is 0.326 e. The lowest BCUT2D eigenvalue weighted by Gasteiger charge is -2.00. The van der Waals surface area contributed by atoms with Crippen LogP contribution in [0, 0.1) is 21.7 Å². The molecular formula is C7H6F2N2O2. The van der Waals surface area contributed by atoms with Crippen molar-refractivity contribution < 1.29 is 13.7 Å². The summed E-state index contributed by atoms with van der Waals surface area (Å²) in [4.78, 5) is 9.15. The maximum Gasteiger partial charge on any atom is 0.307 e. The molecule has 0 atom stereocenters. The van der Waals surface area contributed by atoms with Crippen LogP contribution in [0.1, 0.15) is 5.56 Å². The Morgan fingerprint density at radius 3 is 2.46 bits per heavy atom. The second-order valence-electron chi connectivity index (χ2n) is 2.33. The molecule has 0 aliphatic rings. The first-order chi connectivity index (χ1) is 6.07. The van der Waals surface area contributed by atoms with Gasteiger partial charge in [0.25, 0.3) is 0 Å². The average molecular weight is 188 g/mol. The molecule has 0 aliphatic carbocycles. The maximum absolute atomic E-state index is 12.9. The van der Waals surface area contributed by atoms with Crippen LogP contribution < -0.4 is 5.73 Å². The fourth-order valence-electron chi connectivity index (χ4n) is 0.878. The number of rotatable bonds is 2. The predicted octanol–water partition coefficient (Wildman–Crippen LogP) is 1.33. The zero-order valence-corrected chi connectivity index (χ0v) is 6.46. The third-order valence-corrected chi connectivity index (χ3v) is 1.56. The molecule has 70 valence electrons. The highest BCUT2D eigenvalue weighted by molar-refractivity contribution is 5.36. The Bertz CT molecular complexity index is 355. The van der Waals surface area contributed by atoms with Gasteiger partial charge in [0.15, 0.2) is 5.82 Å². The summed E-state index contributed by atoms with van der Waals surface area (Å²) < 4.78 is 25.7. The zero-order valence-electron chi connectivity index (χ0n) is 6.46. The molecular weight excluding hydrogens is 182 g/mol. The Hall–Kier alpha value is -1.56. The summed E-state index contributed by atoms with van der Waals surface area (Å²) in [5.74, 6) is -2.72. The molecule has 0 radical (unpaired) electrons. The number of benzene rings is 1. The molecule has 0 bridgehead atoms. The van der Waals surface area contributed by atoms with Crippen LogP contribution in [0.15, 0.2) is 12.1 Å². The van der Waals surface area contributed by atoms with E-state index in [1.165, 1.54) is 0 Å². The highest BCUT2D eigenvalue weighted by atomic mass is 19.2. The topological polar surface area (TPSA) is 69.2 Å². The van der Waals surface area contributed by atoms with Gasteiger partial charge in [-0.25, -0.2) is 4.39 Å². The Morgan fingerprint density at radius 1 is 1.38 bits per heavy atom. The third kappa shape index (κ3) is 1.62. The zero-order chi connectivity index (χ0) is 10.0. The monoisotopic (exact) mass is 188 g/mol. The number of halogens is 2. The third-order valence-electron chi connectivity index (χ3n) is 1.56. The summed E-state index contributed by atoms with van der Waals surface area (Å²) in [6.07, 6.45) is 0. The van der Waals surface area contributed by atoms with E-state index in [9.17, 15) is 18.9 Å². The molecule has 13 heavy (non-hydrogen) atoms. The first-order valence-electron chi connectivity index (χ1n) is 3.39. The van der Waals surface area contributed by atoms with Crippen molar-refractivity contribution in [3.05, 3.63) is 39.4 Å². The van der Waals surface area contributed by atoms with Gasteiger partial charge in [0.2, 0.25) is 5.82 Å². The molecule has 0 aliphatic heterocycles. The van der Waals surface area contributed by atoms with Crippen molar-refractivity contribution in [3.63, 3.8) is 0 Å². The van der Waals surface area contributed by atoms with Gasteiger partial charge in [-0.1, -0.05) is 0 Å². The molecule has 4 nitrogen and oxygen atoms in total. The standard InChI is InChI=1S/C7H6F2N2O2/c8-6-4(3-10)1-2-5(7(6)9)11(12)13/h1-2H,3,10H2. The number of hydrogen-bond donors (Lipinski definition) is 1. The van der Waals surface area contributed by atoms with E-state index in [4.69, 9.17) is 5.73 Å². The minimum absolute atomic E-state index is 0.0805. The van der Waals surface area contributed by atoms with Gasteiger partial charge in [-0.2, -0.15) is 4.39 Å². The normalized spacial score (nSPS) is 10.1. The molecule has 0 unspecified atom stereocenters. The van der Waals surface area contributed by atoms with Gasteiger partial charge in [-0.3, -0.25) is 10.1 Å². The van der Waals surface area contributed by atoms with Crippen LogP contribution in [0.25, 0.3) is 0 Å². The van der Waals surface area contributed by atoms with Crippen LogP contribution in [0.3, 0.4) is 0 Å². The molecule has 2 N–H and O–H groups in total. The first kappa shape index (κ1) is 9.53. The molecule has 0 amide bonds. The van der Waals surface area contributed by atoms with E-state index >= 15 is 0 Å². The summed E-state index contributed by atoms with van der Waals surface area (Å²) in [7, 11) is 0. The molecule has 1 aromatic rings. The van der Waals surface area contributed by atoms with Gasteiger partial charge >= 0.3 is 5.69 Å². The summed E-state index contributed by atoms with van der Waals surface area (Å²) in [5, 5.41) is 10.1. The Morgan fingerprint density at radius 2 is 2.00 bits per heavy atom. The molecule has 0 saturated carbocycles. The van der Waals surface area contributed by atoms with Crippen LogP contribution in [-0.4, -0.2) is 4.92 Å². The molecule has 0 fully saturated rings. The minimum atomic E-state index is -1.46. The van der Waals surface area contributed by atoms with Crippen LogP contribution in [-0.2, 0) is 6.54 Å². The molecule has 1 rings (SSSR count).